The topological polar surface area (TPSA) is 53.4 Å². The van der Waals surface area contributed by atoms with E-state index in [1.165, 1.54) is 12.8 Å². The van der Waals surface area contributed by atoms with Crippen molar-refractivity contribution in [3.05, 3.63) is 28.5 Å². The van der Waals surface area contributed by atoms with Crippen molar-refractivity contribution in [1.29, 1.82) is 0 Å². The van der Waals surface area contributed by atoms with E-state index in [1.54, 1.807) is 6.20 Å². The standard InChI is InChI=1S/C12H15BrN2O2/c13-10-3-4-11(14-5-10)7-15(8-12(16)17)6-9-1-2-9/h3-5,9H,1-2,6-8H2,(H,16,17). The molecule has 0 aromatic carbocycles. The van der Waals surface area contributed by atoms with E-state index in [9.17, 15) is 4.79 Å². The lowest BCUT2D eigenvalue weighted by Crippen LogP contribution is -2.31. The van der Waals surface area contributed by atoms with Crippen molar-refractivity contribution in [2.24, 2.45) is 5.92 Å². The molecular formula is C12H15BrN2O2. The Hall–Kier alpha value is -0.940. The minimum Gasteiger partial charge on any atom is -0.480 e. The molecule has 17 heavy (non-hydrogen) atoms. The Morgan fingerprint density at radius 1 is 1.53 bits per heavy atom. The number of hydrogen-bond donors (Lipinski definition) is 1. The number of carboxylic acid groups (broad SMARTS) is 1. The molecule has 5 heteroatoms. The Morgan fingerprint density at radius 2 is 2.29 bits per heavy atom. The first-order valence-electron chi connectivity index (χ1n) is 5.68. The summed E-state index contributed by atoms with van der Waals surface area (Å²) < 4.78 is 0.938. The van der Waals surface area contributed by atoms with Crippen LogP contribution in [0.25, 0.3) is 0 Å². The molecule has 0 bridgehead atoms. The molecule has 1 aromatic heterocycles. The number of aliphatic carboxylic acids is 1. The summed E-state index contributed by atoms with van der Waals surface area (Å²) in [5.74, 6) is -0.0902. The average molecular weight is 299 g/mol. The highest BCUT2D eigenvalue weighted by atomic mass is 79.9. The Balaban J connectivity index is 1.94. The molecule has 2 rings (SSSR count). The highest BCUT2D eigenvalue weighted by Gasteiger charge is 2.25. The van der Waals surface area contributed by atoms with Gasteiger partial charge in [-0.3, -0.25) is 14.7 Å². The SMILES string of the molecule is O=C(O)CN(Cc1ccc(Br)cn1)CC1CC1. The zero-order valence-corrected chi connectivity index (χ0v) is 11.1. The largest absolute Gasteiger partial charge is 0.480 e. The summed E-state index contributed by atoms with van der Waals surface area (Å²) in [6.45, 7) is 1.56. The van der Waals surface area contributed by atoms with Crippen molar-refractivity contribution in [1.82, 2.24) is 9.88 Å². The third kappa shape index (κ3) is 4.44. The Morgan fingerprint density at radius 3 is 2.82 bits per heavy atom. The second-order valence-corrected chi connectivity index (χ2v) is 5.39. The van der Waals surface area contributed by atoms with E-state index in [2.05, 4.69) is 20.9 Å². The van der Waals surface area contributed by atoms with E-state index >= 15 is 0 Å². The van der Waals surface area contributed by atoms with Crippen LogP contribution in [0.5, 0.6) is 0 Å². The van der Waals surface area contributed by atoms with E-state index in [1.807, 2.05) is 17.0 Å². The van der Waals surface area contributed by atoms with Crippen LogP contribution in [0.4, 0.5) is 0 Å². The van der Waals surface area contributed by atoms with Gasteiger partial charge in [-0.15, -0.1) is 0 Å². The van der Waals surface area contributed by atoms with Gasteiger partial charge in [0.2, 0.25) is 0 Å². The summed E-state index contributed by atoms with van der Waals surface area (Å²) in [4.78, 5) is 17.0. The van der Waals surface area contributed by atoms with Crippen LogP contribution in [0.3, 0.4) is 0 Å². The number of halogens is 1. The van der Waals surface area contributed by atoms with Gasteiger partial charge in [0, 0.05) is 23.8 Å². The van der Waals surface area contributed by atoms with Crippen molar-refractivity contribution in [3.63, 3.8) is 0 Å². The minimum absolute atomic E-state index is 0.0915. The molecule has 1 saturated carbocycles. The first kappa shape index (κ1) is 12.5. The molecule has 0 radical (unpaired) electrons. The summed E-state index contributed by atoms with van der Waals surface area (Å²) in [7, 11) is 0. The normalized spacial score (nSPS) is 15.2. The van der Waals surface area contributed by atoms with Gasteiger partial charge in [-0.1, -0.05) is 0 Å². The summed E-state index contributed by atoms with van der Waals surface area (Å²) in [5, 5.41) is 8.87. The second kappa shape index (κ2) is 5.60. The second-order valence-electron chi connectivity index (χ2n) is 4.47. The van der Waals surface area contributed by atoms with Gasteiger partial charge in [0.1, 0.15) is 0 Å². The molecule has 1 heterocycles. The molecule has 0 saturated heterocycles. The first-order valence-corrected chi connectivity index (χ1v) is 6.47. The van der Waals surface area contributed by atoms with E-state index in [0.717, 1.165) is 16.7 Å². The molecule has 0 unspecified atom stereocenters. The molecule has 1 N–H and O–H groups in total. The quantitative estimate of drug-likeness (QED) is 0.874. The zero-order chi connectivity index (χ0) is 12.3. The molecule has 1 fully saturated rings. The van der Waals surface area contributed by atoms with Gasteiger partial charge in [-0.25, -0.2) is 0 Å². The van der Waals surface area contributed by atoms with Gasteiger partial charge in [-0.2, -0.15) is 0 Å². The van der Waals surface area contributed by atoms with Crippen molar-refractivity contribution in [3.8, 4) is 0 Å². The Kier molecular flexibility index (Phi) is 4.12. The van der Waals surface area contributed by atoms with Crippen LogP contribution < -0.4 is 0 Å². The van der Waals surface area contributed by atoms with Crippen LogP contribution in [-0.2, 0) is 11.3 Å². The fourth-order valence-corrected chi connectivity index (χ4v) is 2.01. The van der Waals surface area contributed by atoms with Crippen LogP contribution in [0.15, 0.2) is 22.8 Å². The zero-order valence-electron chi connectivity index (χ0n) is 9.47. The first-order chi connectivity index (χ1) is 8.13. The highest BCUT2D eigenvalue weighted by molar-refractivity contribution is 9.10. The number of hydrogen-bond acceptors (Lipinski definition) is 3. The minimum atomic E-state index is -0.775. The van der Waals surface area contributed by atoms with Crippen LogP contribution in [0, 0.1) is 5.92 Å². The third-order valence-corrected chi connectivity index (χ3v) is 3.22. The molecule has 4 nitrogen and oxygen atoms in total. The van der Waals surface area contributed by atoms with Gasteiger partial charge in [0.25, 0.3) is 0 Å². The molecule has 1 aromatic rings. The van der Waals surface area contributed by atoms with Crippen molar-refractivity contribution < 1.29 is 9.90 Å². The van der Waals surface area contributed by atoms with E-state index in [-0.39, 0.29) is 6.54 Å². The number of rotatable bonds is 6. The third-order valence-electron chi connectivity index (χ3n) is 2.75. The molecule has 0 atom stereocenters. The van der Waals surface area contributed by atoms with Crippen LogP contribution in [0.2, 0.25) is 0 Å². The van der Waals surface area contributed by atoms with Gasteiger partial charge in [0.15, 0.2) is 0 Å². The van der Waals surface area contributed by atoms with Crippen LogP contribution in [-0.4, -0.2) is 34.0 Å². The average Bonchev–Trinajstić information content (AvgIpc) is 3.04. The molecular weight excluding hydrogens is 284 g/mol. The summed E-state index contributed by atoms with van der Waals surface area (Å²) in [5.41, 5.74) is 0.912. The fraction of sp³-hybridized carbons (Fsp3) is 0.500. The van der Waals surface area contributed by atoms with Crippen molar-refractivity contribution >= 4 is 21.9 Å². The van der Waals surface area contributed by atoms with Gasteiger partial charge < -0.3 is 5.11 Å². The summed E-state index contributed by atoms with van der Waals surface area (Å²) in [6.07, 6.45) is 4.19. The fourth-order valence-electron chi connectivity index (χ4n) is 1.77. The Bertz CT molecular complexity index is 390. The van der Waals surface area contributed by atoms with Crippen molar-refractivity contribution in [2.45, 2.75) is 19.4 Å². The number of carbonyl (C=O) groups is 1. The molecule has 1 aliphatic rings. The van der Waals surface area contributed by atoms with Crippen LogP contribution in [0.1, 0.15) is 18.5 Å². The number of nitrogens with zero attached hydrogens (tertiary/aromatic N) is 2. The maximum absolute atomic E-state index is 10.8. The lowest BCUT2D eigenvalue weighted by Gasteiger charge is -2.19. The lowest BCUT2D eigenvalue weighted by molar-refractivity contribution is -0.138. The maximum Gasteiger partial charge on any atom is 0.317 e. The summed E-state index contributed by atoms with van der Waals surface area (Å²) in [6, 6.07) is 3.85. The van der Waals surface area contributed by atoms with Gasteiger partial charge in [-0.05, 0) is 46.8 Å². The lowest BCUT2D eigenvalue weighted by atomic mass is 10.3. The number of carboxylic acids is 1. The smallest absolute Gasteiger partial charge is 0.317 e. The van der Waals surface area contributed by atoms with Gasteiger partial charge in [0.05, 0.1) is 12.2 Å². The van der Waals surface area contributed by atoms with E-state index in [0.29, 0.717) is 12.5 Å². The van der Waals surface area contributed by atoms with Gasteiger partial charge >= 0.3 is 5.97 Å². The monoisotopic (exact) mass is 298 g/mol. The predicted octanol–water partition coefficient (Wildman–Crippen LogP) is 2.14. The predicted molar refractivity (Wildman–Crippen MR) is 67.6 cm³/mol. The van der Waals surface area contributed by atoms with Crippen molar-refractivity contribution in [2.75, 3.05) is 13.1 Å². The van der Waals surface area contributed by atoms with E-state index in [4.69, 9.17) is 5.11 Å². The highest BCUT2D eigenvalue weighted by Crippen LogP contribution is 2.30. The Labute approximate surface area is 109 Å². The molecule has 0 spiro atoms. The maximum atomic E-state index is 10.8. The molecule has 92 valence electrons. The van der Waals surface area contributed by atoms with E-state index < -0.39 is 5.97 Å². The number of pyridine rings is 1. The molecule has 1 aliphatic carbocycles. The molecule has 0 aliphatic heterocycles. The number of aromatic nitrogens is 1. The van der Waals surface area contributed by atoms with Crippen LogP contribution >= 0.6 is 15.9 Å². The summed E-state index contributed by atoms with van der Waals surface area (Å²) >= 11 is 3.33. The molecule has 0 amide bonds.